The van der Waals surface area contributed by atoms with Gasteiger partial charge >= 0.3 is 0 Å². The first kappa shape index (κ1) is 11.2. The Bertz CT molecular complexity index is 365. The van der Waals surface area contributed by atoms with E-state index in [1.807, 2.05) is 0 Å². The Balaban J connectivity index is 2.90. The van der Waals surface area contributed by atoms with Crippen LogP contribution in [0, 0.1) is 11.8 Å². The molecule has 0 aromatic carbocycles. The highest BCUT2D eigenvalue weighted by atomic mass is 16.2. The van der Waals surface area contributed by atoms with Crippen LogP contribution in [-0.4, -0.2) is 35.2 Å². The molecular weight excluding hydrogens is 196 g/mol. The molecule has 1 unspecified atom stereocenters. The molecule has 1 saturated heterocycles. The van der Waals surface area contributed by atoms with Crippen molar-refractivity contribution >= 4 is 17.7 Å². The first-order chi connectivity index (χ1) is 7.10. The van der Waals surface area contributed by atoms with Gasteiger partial charge in [-0.2, -0.15) is 0 Å². The molecule has 80 valence electrons. The highest BCUT2D eigenvalue weighted by Gasteiger charge is 2.34. The van der Waals surface area contributed by atoms with Gasteiger partial charge in [0.25, 0.3) is 5.91 Å². The van der Waals surface area contributed by atoms with Gasteiger partial charge in [-0.25, -0.2) is 0 Å². The highest BCUT2D eigenvalue weighted by molar-refractivity contribution is 6.07. The number of rotatable bonds is 1. The minimum atomic E-state index is -0.587. The largest absolute Gasteiger partial charge is 0.311 e. The fourth-order valence-corrected chi connectivity index (χ4v) is 1.46. The van der Waals surface area contributed by atoms with E-state index in [1.54, 1.807) is 6.92 Å². The molecule has 1 aliphatic rings. The summed E-state index contributed by atoms with van der Waals surface area (Å²) in [5.74, 6) is 3.41. The minimum absolute atomic E-state index is 0.0994. The van der Waals surface area contributed by atoms with Crippen molar-refractivity contribution in [2.75, 3.05) is 6.54 Å². The standard InChI is InChI=1S/C10H12N2O3/c1-3-5-9(14)12-6-8(13)11-10(15)7(12)4-2/h7H,4,6H2,1-2H3,(H,11,13,15). The summed E-state index contributed by atoms with van der Waals surface area (Å²) in [7, 11) is 0. The molecule has 1 aliphatic heterocycles. The predicted molar refractivity (Wildman–Crippen MR) is 52.4 cm³/mol. The number of nitrogens with zero attached hydrogens (tertiary/aromatic N) is 1. The quantitative estimate of drug-likeness (QED) is 0.456. The van der Waals surface area contributed by atoms with E-state index in [1.165, 1.54) is 11.8 Å². The molecule has 1 fully saturated rings. The second kappa shape index (κ2) is 4.60. The van der Waals surface area contributed by atoms with Crippen LogP contribution in [0.5, 0.6) is 0 Å². The normalized spacial score (nSPS) is 20.4. The van der Waals surface area contributed by atoms with Crippen LogP contribution < -0.4 is 5.32 Å². The SMILES string of the molecule is CC#CC(=O)N1CC(=O)NC(=O)C1CC. The molecule has 0 aromatic rings. The molecule has 1 atom stereocenters. The van der Waals surface area contributed by atoms with Crippen molar-refractivity contribution in [3.05, 3.63) is 0 Å². The van der Waals surface area contributed by atoms with Crippen LogP contribution in [0.1, 0.15) is 20.3 Å². The van der Waals surface area contributed by atoms with Crippen molar-refractivity contribution in [2.24, 2.45) is 0 Å². The van der Waals surface area contributed by atoms with E-state index in [9.17, 15) is 14.4 Å². The Morgan fingerprint density at radius 2 is 2.27 bits per heavy atom. The third kappa shape index (κ3) is 2.34. The fraction of sp³-hybridized carbons (Fsp3) is 0.500. The Kier molecular flexibility index (Phi) is 3.45. The van der Waals surface area contributed by atoms with Crippen LogP contribution in [0.3, 0.4) is 0 Å². The van der Waals surface area contributed by atoms with Gasteiger partial charge in [0.05, 0.1) is 0 Å². The van der Waals surface area contributed by atoms with Crippen molar-refractivity contribution in [1.29, 1.82) is 0 Å². The molecule has 0 bridgehead atoms. The third-order valence-corrected chi connectivity index (χ3v) is 2.13. The van der Waals surface area contributed by atoms with Gasteiger partial charge < -0.3 is 4.90 Å². The van der Waals surface area contributed by atoms with E-state index in [4.69, 9.17) is 0 Å². The maximum Gasteiger partial charge on any atom is 0.299 e. The van der Waals surface area contributed by atoms with E-state index in [2.05, 4.69) is 17.2 Å². The lowest BCUT2D eigenvalue weighted by Crippen LogP contribution is -2.59. The second-order valence-electron chi connectivity index (χ2n) is 3.14. The zero-order valence-electron chi connectivity index (χ0n) is 8.66. The van der Waals surface area contributed by atoms with Crippen LogP contribution in [0.2, 0.25) is 0 Å². The van der Waals surface area contributed by atoms with E-state index in [0.717, 1.165) is 0 Å². The fourth-order valence-electron chi connectivity index (χ4n) is 1.46. The van der Waals surface area contributed by atoms with Crippen LogP contribution in [0.25, 0.3) is 0 Å². The molecule has 1 heterocycles. The number of piperazine rings is 1. The van der Waals surface area contributed by atoms with Crippen LogP contribution >= 0.6 is 0 Å². The monoisotopic (exact) mass is 208 g/mol. The lowest BCUT2D eigenvalue weighted by molar-refractivity contribution is -0.147. The van der Waals surface area contributed by atoms with Crippen molar-refractivity contribution in [3.63, 3.8) is 0 Å². The van der Waals surface area contributed by atoms with Crippen molar-refractivity contribution in [1.82, 2.24) is 10.2 Å². The molecule has 5 nitrogen and oxygen atoms in total. The summed E-state index contributed by atoms with van der Waals surface area (Å²) in [5.41, 5.74) is 0. The van der Waals surface area contributed by atoms with Crippen molar-refractivity contribution in [3.8, 4) is 11.8 Å². The number of hydrogen-bond donors (Lipinski definition) is 1. The first-order valence-corrected chi connectivity index (χ1v) is 4.67. The average Bonchev–Trinajstić information content (AvgIpc) is 2.17. The molecule has 1 N–H and O–H groups in total. The number of amides is 3. The zero-order valence-corrected chi connectivity index (χ0v) is 8.66. The topological polar surface area (TPSA) is 66.5 Å². The Morgan fingerprint density at radius 1 is 1.60 bits per heavy atom. The molecule has 1 rings (SSSR count). The minimum Gasteiger partial charge on any atom is -0.311 e. The van der Waals surface area contributed by atoms with Crippen LogP contribution in [0.15, 0.2) is 0 Å². The van der Waals surface area contributed by atoms with Gasteiger partial charge in [-0.15, -0.1) is 0 Å². The Hall–Kier alpha value is -1.83. The average molecular weight is 208 g/mol. The maximum atomic E-state index is 11.5. The number of nitrogens with one attached hydrogen (secondary N) is 1. The van der Waals surface area contributed by atoms with E-state index in [0.29, 0.717) is 6.42 Å². The van der Waals surface area contributed by atoms with Gasteiger partial charge in [0, 0.05) is 0 Å². The summed E-state index contributed by atoms with van der Waals surface area (Å²) < 4.78 is 0. The number of carbonyl (C=O) groups excluding carboxylic acids is 3. The number of carbonyl (C=O) groups is 3. The van der Waals surface area contributed by atoms with Crippen LogP contribution in [0.4, 0.5) is 0 Å². The molecule has 0 aromatic heterocycles. The summed E-state index contributed by atoms with van der Waals surface area (Å²) in [6.07, 6.45) is 0.468. The summed E-state index contributed by atoms with van der Waals surface area (Å²) in [5, 5.41) is 2.19. The smallest absolute Gasteiger partial charge is 0.299 e. The van der Waals surface area contributed by atoms with E-state index >= 15 is 0 Å². The molecule has 15 heavy (non-hydrogen) atoms. The van der Waals surface area contributed by atoms with Gasteiger partial charge in [0.1, 0.15) is 12.6 Å². The van der Waals surface area contributed by atoms with Gasteiger partial charge in [0.15, 0.2) is 0 Å². The summed E-state index contributed by atoms with van der Waals surface area (Å²) in [4.78, 5) is 35.1. The van der Waals surface area contributed by atoms with Gasteiger partial charge in [0.2, 0.25) is 11.8 Å². The molecule has 0 radical (unpaired) electrons. The second-order valence-corrected chi connectivity index (χ2v) is 3.14. The lowest BCUT2D eigenvalue weighted by atomic mass is 10.1. The number of imide groups is 1. The summed E-state index contributed by atoms with van der Waals surface area (Å²) >= 11 is 0. The lowest BCUT2D eigenvalue weighted by Gasteiger charge is -2.31. The third-order valence-electron chi connectivity index (χ3n) is 2.13. The first-order valence-electron chi connectivity index (χ1n) is 4.67. The molecule has 0 spiro atoms. The van der Waals surface area contributed by atoms with E-state index < -0.39 is 23.8 Å². The van der Waals surface area contributed by atoms with Crippen molar-refractivity contribution in [2.45, 2.75) is 26.3 Å². The highest BCUT2D eigenvalue weighted by Crippen LogP contribution is 2.08. The Labute approximate surface area is 87.8 Å². The summed E-state index contributed by atoms with van der Waals surface area (Å²) in [6.45, 7) is 3.21. The predicted octanol–water partition coefficient (Wildman–Crippen LogP) is -0.727. The zero-order chi connectivity index (χ0) is 11.4. The molecular formula is C10H12N2O3. The van der Waals surface area contributed by atoms with Crippen LogP contribution in [-0.2, 0) is 14.4 Å². The van der Waals surface area contributed by atoms with E-state index in [-0.39, 0.29) is 6.54 Å². The maximum absolute atomic E-state index is 11.5. The van der Waals surface area contributed by atoms with Crippen molar-refractivity contribution < 1.29 is 14.4 Å². The Morgan fingerprint density at radius 3 is 2.80 bits per heavy atom. The molecule has 0 aliphatic carbocycles. The molecule has 5 heteroatoms. The van der Waals surface area contributed by atoms with Gasteiger partial charge in [-0.3, -0.25) is 19.7 Å². The number of hydrogen-bond acceptors (Lipinski definition) is 3. The van der Waals surface area contributed by atoms with Gasteiger partial charge in [-0.05, 0) is 19.3 Å². The summed E-state index contributed by atoms with van der Waals surface area (Å²) in [6, 6.07) is -0.587. The molecule has 0 saturated carbocycles. The van der Waals surface area contributed by atoms with Gasteiger partial charge in [-0.1, -0.05) is 12.8 Å². The molecule has 3 amide bonds.